The van der Waals surface area contributed by atoms with Crippen LogP contribution in [-0.2, 0) is 0 Å². The zero-order valence-corrected chi connectivity index (χ0v) is 10.8. The van der Waals surface area contributed by atoms with Crippen LogP contribution in [0.4, 0.5) is 11.9 Å². The van der Waals surface area contributed by atoms with Gasteiger partial charge in [0.2, 0.25) is 11.9 Å². The van der Waals surface area contributed by atoms with Crippen molar-refractivity contribution < 1.29 is 0 Å². The van der Waals surface area contributed by atoms with Crippen LogP contribution in [0.5, 0.6) is 0 Å². The molecule has 1 aromatic heterocycles. The van der Waals surface area contributed by atoms with E-state index in [0.717, 1.165) is 0 Å². The van der Waals surface area contributed by atoms with E-state index in [-0.39, 0.29) is 12.0 Å². The standard InChI is InChI=1S/C13H17N5/c1-8-4-6-11(7-5-8)9(2)15-13-17-10(3)16-12(14)18-13/h4-7,9H,1-3H3,(H3,14,15,16,17,18). The van der Waals surface area contributed by atoms with E-state index in [9.17, 15) is 0 Å². The fourth-order valence-corrected chi connectivity index (χ4v) is 1.70. The molecule has 2 rings (SSSR count). The first-order valence-corrected chi connectivity index (χ1v) is 5.86. The van der Waals surface area contributed by atoms with Crippen molar-refractivity contribution in [2.45, 2.75) is 26.8 Å². The zero-order valence-electron chi connectivity index (χ0n) is 10.8. The predicted octanol–water partition coefficient (Wildman–Crippen LogP) is 2.24. The molecule has 5 heteroatoms. The maximum Gasteiger partial charge on any atom is 0.228 e. The molecule has 0 saturated heterocycles. The van der Waals surface area contributed by atoms with Crippen LogP contribution in [0.15, 0.2) is 24.3 Å². The van der Waals surface area contributed by atoms with Crippen molar-refractivity contribution in [2.75, 3.05) is 11.1 Å². The Balaban J connectivity index is 2.15. The third-order valence-electron chi connectivity index (χ3n) is 2.69. The highest BCUT2D eigenvalue weighted by atomic mass is 15.2. The van der Waals surface area contributed by atoms with Gasteiger partial charge in [-0.25, -0.2) is 0 Å². The number of benzene rings is 1. The topological polar surface area (TPSA) is 76.7 Å². The number of aromatic nitrogens is 3. The first-order chi connectivity index (χ1) is 8.54. The lowest BCUT2D eigenvalue weighted by atomic mass is 10.1. The van der Waals surface area contributed by atoms with E-state index in [1.165, 1.54) is 11.1 Å². The van der Waals surface area contributed by atoms with Gasteiger partial charge >= 0.3 is 0 Å². The van der Waals surface area contributed by atoms with Crippen molar-refractivity contribution in [2.24, 2.45) is 0 Å². The number of hydrogen-bond acceptors (Lipinski definition) is 5. The first-order valence-electron chi connectivity index (χ1n) is 5.86. The lowest BCUT2D eigenvalue weighted by molar-refractivity contribution is 0.847. The molecule has 1 atom stereocenters. The second-order valence-corrected chi connectivity index (χ2v) is 4.34. The summed E-state index contributed by atoms with van der Waals surface area (Å²) in [6.45, 7) is 5.91. The van der Waals surface area contributed by atoms with E-state index in [0.29, 0.717) is 11.8 Å². The van der Waals surface area contributed by atoms with Crippen molar-refractivity contribution in [3.8, 4) is 0 Å². The van der Waals surface area contributed by atoms with Crippen molar-refractivity contribution >= 4 is 11.9 Å². The lowest BCUT2D eigenvalue weighted by Gasteiger charge is -2.14. The van der Waals surface area contributed by atoms with E-state index in [1.807, 2.05) is 0 Å². The molecule has 0 spiro atoms. The molecule has 0 radical (unpaired) electrons. The minimum Gasteiger partial charge on any atom is -0.368 e. The van der Waals surface area contributed by atoms with Crippen LogP contribution in [-0.4, -0.2) is 15.0 Å². The van der Waals surface area contributed by atoms with Crippen molar-refractivity contribution in [3.05, 3.63) is 41.2 Å². The van der Waals surface area contributed by atoms with Crippen LogP contribution in [0, 0.1) is 13.8 Å². The molecule has 1 unspecified atom stereocenters. The van der Waals surface area contributed by atoms with Gasteiger partial charge in [-0.2, -0.15) is 15.0 Å². The Morgan fingerprint density at radius 1 is 1.06 bits per heavy atom. The average molecular weight is 243 g/mol. The monoisotopic (exact) mass is 243 g/mol. The van der Waals surface area contributed by atoms with E-state index in [2.05, 4.69) is 58.4 Å². The maximum atomic E-state index is 5.59. The molecular formula is C13H17N5. The van der Waals surface area contributed by atoms with Crippen LogP contribution >= 0.6 is 0 Å². The highest BCUT2D eigenvalue weighted by Gasteiger charge is 2.08. The third-order valence-corrected chi connectivity index (χ3v) is 2.69. The quantitative estimate of drug-likeness (QED) is 0.864. The second kappa shape index (κ2) is 5.00. The van der Waals surface area contributed by atoms with Gasteiger partial charge in [0.05, 0.1) is 6.04 Å². The predicted molar refractivity (Wildman–Crippen MR) is 72.2 cm³/mol. The van der Waals surface area contributed by atoms with Gasteiger partial charge in [0.1, 0.15) is 5.82 Å². The molecule has 5 nitrogen and oxygen atoms in total. The smallest absolute Gasteiger partial charge is 0.228 e. The number of nitrogens with two attached hydrogens (primary N) is 1. The van der Waals surface area contributed by atoms with Gasteiger partial charge in [-0.15, -0.1) is 0 Å². The Morgan fingerprint density at radius 3 is 2.33 bits per heavy atom. The molecule has 0 aliphatic rings. The van der Waals surface area contributed by atoms with Gasteiger partial charge in [0.25, 0.3) is 0 Å². The molecule has 0 amide bonds. The number of nitrogen functional groups attached to an aromatic ring is 1. The van der Waals surface area contributed by atoms with Crippen LogP contribution in [0.2, 0.25) is 0 Å². The number of anilines is 2. The number of rotatable bonds is 3. The lowest BCUT2D eigenvalue weighted by Crippen LogP contribution is -2.12. The summed E-state index contributed by atoms with van der Waals surface area (Å²) in [5, 5.41) is 3.22. The zero-order chi connectivity index (χ0) is 13.1. The Morgan fingerprint density at radius 2 is 1.72 bits per heavy atom. The highest BCUT2D eigenvalue weighted by molar-refractivity contribution is 5.35. The molecule has 3 N–H and O–H groups in total. The molecule has 2 aromatic rings. The summed E-state index contributed by atoms with van der Waals surface area (Å²) in [4.78, 5) is 12.2. The molecule has 0 fully saturated rings. The van der Waals surface area contributed by atoms with Gasteiger partial charge in [0, 0.05) is 0 Å². The fourth-order valence-electron chi connectivity index (χ4n) is 1.70. The largest absolute Gasteiger partial charge is 0.368 e. The van der Waals surface area contributed by atoms with Crippen molar-refractivity contribution in [1.82, 2.24) is 15.0 Å². The summed E-state index contributed by atoms with van der Waals surface area (Å²) in [5.41, 5.74) is 8.01. The number of nitrogens with zero attached hydrogens (tertiary/aromatic N) is 3. The highest BCUT2D eigenvalue weighted by Crippen LogP contribution is 2.17. The maximum absolute atomic E-state index is 5.59. The summed E-state index contributed by atoms with van der Waals surface area (Å²) >= 11 is 0. The van der Waals surface area contributed by atoms with Crippen LogP contribution < -0.4 is 11.1 Å². The number of nitrogens with one attached hydrogen (secondary N) is 1. The van der Waals surface area contributed by atoms with E-state index < -0.39 is 0 Å². The normalized spacial score (nSPS) is 12.2. The van der Waals surface area contributed by atoms with Crippen LogP contribution in [0.3, 0.4) is 0 Å². The van der Waals surface area contributed by atoms with E-state index in [4.69, 9.17) is 5.73 Å². The summed E-state index contributed by atoms with van der Waals surface area (Å²) in [7, 11) is 0. The average Bonchev–Trinajstić information content (AvgIpc) is 2.28. The molecule has 0 saturated carbocycles. The molecule has 1 aromatic carbocycles. The molecule has 18 heavy (non-hydrogen) atoms. The van der Waals surface area contributed by atoms with E-state index in [1.54, 1.807) is 6.92 Å². The Hall–Kier alpha value is -2.17. The summed E-state index contributed by atoms with van der Waals surface area (Å²) < 4.78 is 0. The Bertz CT molecular complexity index is 515. The Labute approximate surface area is 106 Å². The molecule has 0 aliphatic carbocycles. The Kier molecular flexibility index (Phi) is 3.41. The molecule has 0 aliphatic heterocycles. The molecule has 0 bridgehead atoms. The van der Waals surface area contributed by atoms with Crippen molar-refractivity contribution in [3.63, 3.8) is 0 Å². The SMILES string of the molecule is Cc1ccc(C(C)Nc2nc(C)nc(N)n2)cc1. The van der Waals surface area contributed by atoms with Gasteiger partial charge in [-0.3, -0.25) is 0 Å². The van der Waals surface area contributed by atoms with Gasteiger partial charge < -0.3 is 11.1 Å². The van der Waals surface area contributed by atoms with Crippen molar-refractivity contribution in [1.29, 1.82) is 0 Å². The number of aryl methyl sites for hydroxylation is 2. The summed E-state index contributed by atoms with van der Waals surface area (Å²) in [6.07, 6.45) is 0. The van der Waals surface area contributed by atoms with Crippen LogP contribution in [0.25, 0.3) is 0 Å². The summed E-state index contributed by atoms with van der Waals surface area (Å²) in [5.74, 6) is 1.36. The fraction of sp³-hybridized carbons (Fsp3) is 0.308. The molecule has 94 valence electrons. The minimum absolute atomic E-state index is 0.117. The number of hydrogen-bond donors (Lipinski definition) is 2. The minimum atomic E-state index is 0.117. The molecule has 1 heterocycles. The molecular weight excluding hydrogens is 226 g/mol. The van der Waals surface area contributed by atoms with Gasteiger partial charge in [-0.05, 0) is 26.3 Å². The first kappa shape index (κ1) is 12.3. The van der Waals surface area contributed by atoms with Crippen LogP contribution in [0.1, 0.15) is 29.9 Å². The van der Waals surface area contributed by atoms with E-state index >= 15 is 0 Å². The summed E-state index contributed by atoms with van der Waals surface area (Å²) in [6, 6.07) is 8.46. The van der Waals surface area contributed by atoms with Gasteiger partial charge in [0.15, 0.2) is 0 Å². The van der Waals surface area contributed by atoms with Gasteiger partial charge in [-0.1, -0.05) is 29.8 Å². The second-order valence-electron chi connectivity index (χ2n) is 4.34. The third kappa shape index (κ3) is 2.94.